The van der Waals surface area contributed by atoms with Crippen molar-refractivity contribution in [3.8, 4) is 0 Å². The first-order chi connectivity index (χ1) is 12.6. The van der Waals surface area contributed by atoms with E-state index in [9.17, 15) is 9.90 Å². The summed E-state index contributed by atoms with van der Waals surface area (Å²) in [6.07, 6.45) is 2.55. The molecule has 3 aliphatic rings. The molecule has 2 N–H and O–H groups in total. The first kappa shape index (κ1) is 17.5. The zero-order chi connectivity index (χ0) is 18.1. The highest BCUT2D eigenvalue weighted by Crippen LogP contribution is 2.30. The number of carbonyl (C=O) groups excluding carboxylic acids is 1. The van der Waals surface area contributed by atoms with E-state index < -0.39 is 0 Å². The van der Waals surface area contributed by atoms with E-state index in [1.807, 2.05) is 4.90 Å². The molecule has 0 bridgehead atoms. The van der Waals surface area contributed by atoms with Crippen molar-refractivity contribution in [3.63, 3.8) is 0 Å². The van der Waals surface area contributed by atoms with Gasteiger partial charge >= 0.3 is 0 Å². The molecule has 8 nitrogen and oxygen atoms in total. The quantitative estimate of drug-likeness (QED) is 0.795. The number of β-amino-alcohol motifs (C(OH)–C–C–N with tert-alkyl or cyclic N) is 1. The van der Waals surface area contributed by atoms with Gasteiger partial charge in [-0.1, -0.05) is 0 Å². The fraction of sp³-hybridized carbons (Fsp3) is 0.722. The van der Waals surface area contributed by atoms with Gasteiger partial charge in [0.2, 0.25) is 11.9 Å². The minimum absolute atomic E-state index is 0.0348. The Bertz CT molecular complexity index is 650. The Morgan fingerprint density at radius 1 is 1.23 bits per heavy atom. The van der Waals surface area contributed by atoms with E-state index in [0.29, 0.717) is 31.6 Å². The molecule has 4 rings (SSSR count). The van der Waals surface area contributed by atoms with Crippen molar-refractivity contribution in [1.29, 1.82) is 0 Å². The lowest BCUT2D eigenvalue weighted by molar-refractivity contribution is -0.119. The number of nitrogens with one attached hydrogen (secondary N) is 1. The third kappa shape index (κ3) is 3.76. The van der Waals surface area contributed by atoms with Gasteiger partial charge in [0.05, 0.1) is 18.4 Å². The van der Waals surface area contributed by atoms with Crippen LogP contribution in [0.4, 0.5) is 11.8 Å². The predicted octanol–water partition coefficient (Wildman–Crippen LogP) is 0.266. The number of hydrogen-bond acceptors (Lipinski definition) is 7. The summed E-state index contributed by atoms with van der Waals surface area (Å²) in [6.45, 7) is 5.98. The molecule has 3 saturated heterocycles. The number of ether oxygens (including phenoxy) is 1. The molecule has 0 aromatic carbocycles. The van der Waals surface area contributed by atoms with Crippen molar-refractivity contribution in [3.05, 3.63) is 11.8 Å². The second kappa shape index (κ2) is 7.36. The minimum Gasteiger partial charge on any atom is -0.389 e. The molecule has 0 aliphatic carbocycles. The van der Waals surface area contributed by atoms with Gasteiger partial charge < -0.3 is 25.0 Å². The predicted molar refractivity (Wildman–Crippen MR) is 97.5 cm³/mol. The number of nitrogens with zero attached hydrogens (tertiary/aromatic N) is 4. The first-order valence-corrected chi connectivity index (χ1v) is 9.50. The molecule has 0 radical (unpaired) electrons. The van der Waals surface area contributed by atoms with Crippen molar-refractivity contribution in [2.75, 3.05) is 49.2 Å². The zero-order valence-corrected chi connectivity index (χ0v) is 15.2. The van der Waals surface area contributed by atoms with Gasteiger partial charge in [-0.3, -0.25) is 4.79 Å². The van der Waals surface area contributed by atoms with E-state index in [1.54, 1.807) is 6.92 Å². The smallest absolute Gasteiger partial charge is 0.227 e. The third-order valence-electron chi connectivity index (χ3n) is 5.44. The van der Waals surface area contributed by atoms with Gasteiger partial charge in [-0.2, -0.15) is 4.98 Å². The Kier molecular flexibility index (Phi) is 4.95. The van der Waals surface area contributed by atoms with Crippen molar-refractivity contribution < 1.29 is 14.6 Å². The van der Waals surface area contributed by atoms with Gasteiger partial charge in [0, 0.05) is 57.7 Å². The molecule has 142 valence electrons. The standard InChI is InChI=1S/C18H27N5O3/c1-12(24)19-14-2-5-22(6-3-14)17-8-16(13-4-7-26-11-13)20-18(21-17)23-9-15(25)10-23/h8,13-15,25H,2-7,9-11H2,1H3,(H,19,24)/t13-/m0/s1. The average molecular weight is 361 g/mol. The second-order valence-electron chi connectivity index (χ2n) is 7.53. The Morgan fingerprint density at radius 3 is 2.62 bits per heavy atom. The van der Waals surface area contributed by atoms with Crippen LogP contribution in [-0.2, 0) is 9.53 Å². The molecule has 1 atom stereocenters. The maximum Gasteiger partial charge on any atom is 0.227 e. The molecule has 3 aliphatic heterocycles. The van der Waals surface area contributed by atoms with Crippen LogP contribution in [0.2, 0.25) is 0 Å². The maximum absolute atomic E-state index is 11.3. The van der Waals surface area contributed by atoms with Crippen molar-refractivity contribution in [1.82, 2.24) is 15.3 Å². The summed E-state index contributed by atoms with van der Waals surface area (Å²) >= 11 is 0. The zero-order valence-electron chi connectivity index (χ0n) is 15.2. The summed E-state index contributed by atoms with van der Waals surface area (Å²) in [5.41, 5.74) is 1.04. The molecule has 0 unspecified atom stereocenters. The fourth-order valence-corrected chi connectivity index (χ4v) is 3.88. The SMILES string of the molecule is CC(=O)NC1CCN(c2cc([C@H]3CCOC3)nc(N3CC(O)C3)n2)CC1. The lowest BCUT2D eigenvalue weighted by Crippen LogP contribution is -2.51. The molecule has 0 spiro atoms. The number of anilines is 2. The fourth-order valence-electron chi connectivity index (χ4n) is 3.88. The Morgan fingerprint density at radius 2 is 2.00 bits per heavy atom. The summed E-state index contributed by atoms with van der Waals surface area (Å²) in [7, 11) is 0. The third-order valence-corrected chi connectivity index (χ3v) is 5.44. The van der Waals surface area contributed by atoms with Gasteiger partial charge in [0.15, 0.2) is 0 Å². The van der Waals surface area contributed by atoms with E-state index in [4.69, 9.17) is 14.7 Å². The topological polar surface area (TPSA) is 90.8 Å². The minimum atomic E-state index is -0.283. The van der Waals surface area contributed by atoms with Gasteiger partial charge in [-0.15, -0.1) is 0 Å². The van der Waals surface area contributed by atoms with Crippen molar-refractivity contribution in [2.45, 2.75) is 44.2 Å². The maximum atomic E-state index is 11.3. The molecule has 3 fully saturated rings. The number of aliphatic hydroxyl groups is 1. The number of aromatic nitrogens is 2. The number of rotatable bonds is 4. The van der Waals surface area contributed by atoms with Crippen LogP contribution in [0.15, 0.2) is 6.07 Å². The summed E-state index contributed by atoms with van der Waals surface area (Å²) in [4.78, 5) is 25.1. The highest BCUT2D eigenvalue weighted by atomic mass is 16.5. The van der Waals surface area contributed by atoms with Gasteiger partial charge in [-0.05, 0) is 19.3 Å². The van der Waals surface area contributed by atoms with E-state index in [0.717, 1.165) is 50.5 Å². The van der Waals surface area contributed by atoms with Gasteiger partial charge in [0.1, 0.15) is 5.82 Å². The number of aliphatic hydroxyl groups excluding tert-OH is 1. The largest absolute Gasteiger partial charge is 0.389 e. The van der Waals surface area contributed by atoms with Gasteiger partial charge in [-0.25, -0.2) is 4.98 Å². The van der Waals surface area contributed by atoms with Crippen LogP contribution < -0.4 is 15.1 Å². The molecule has 4 heterocycles. The van der Waals surface area contributed by atoms with Crippen LogP contribution in [0.1, 0.15) is 37.8 Å². The number of amides is 1. The first-order valence-electron chi connectivity index (χ1n) is 9.50. The summed E-state index contributed by atoms with van der Waals surface area (Å²) in [6, 6.07) is 2.34. The normalized spacial score (nSPS) is 24.6. The van der Waals surface area contributed by atoms with Crippen LogP contribution in [-0.4, -0.2) is 72.5 Å². The number of carbonyl (C=O) groups is 1. The van der Waals surface area contributed by atoms with E-state index in [2.05, 4.69) is 16.3 Å². The monoisotopic (exact) mass is 361 g/mol. The Labute approximate surface area is 153 Å². The van der Waals surface area contributed by atoms with E-state index >= 15 is 0 Å². The highest BCUT2D eigenvalue weighted by molar-refractivity contribution is 5.73. The average Bonchev–Trinajstić information content (AvgIpc) is 3.13. The molecule has 1 amide bonds. The molecular formula is C18H27N5O3. The lowest BCUT2D eigenvalue weighted by atomic mass is 10.0. The van der Waals surface area contributed by atoms with Crippen LogP contribution in [0.25, 0.3) is 0 Å². The highest BCUT2D eigenvalue weighted by Gasteiger charge is 2.30. The summed E-state index contributed by atoms with van der Waals surface area (Å²) in [5.74, 6) is 2.00. The lowest BCUT2D eigenvalue weighted by Gasteiger charge is -2.37. The molecule has 26 heavy (non-hydrogen) atoms. The molecular weight excluding hydrogens is 334 g/mol. The second-order valence-corrected chi connectivity index (χ2v) is 7.53. The van der Waals surface area contributed by atoms with Crippen LogP contribution in [0.5, 0.6) is 0 Å². The number of piperidine rings is 1. The number of hydrogen-bond donors (Lipinski definition) is 2. The van der Waals surface area contributed by atoms with Crippen molar-refractivity contribution >= 4 is 17.7 Å². The molecule has 0 saturated carbocycles. The van der Waals surface area contributed by atoms with E-state index in [1.165, 1.54) is 0 Å². The van der Waals surface area contributed by atoms with Gasteiger partial charge in [0.25, 0.3) is 0 Å². The Balaban J connectivity index is 1.52. The molecule has 1 aromatic rings. The summed E-state index contributed by atoms with van der Waals surface area (Å²) in [5, 5.41) is 12.6. The van der Waals surface area contributed by atoms with Crippen molar-refractivity contribution in [2.24, 2.45) is 0 Å². The summed E-state index contributed by atoms with van der Waals surface area (Å²) < 4.78 is 5.54. The van der Waals surface area contributed by atoms with Crippen LogP contribution in [0.3, 0.4) is 0 Å². The molecule has 1 aromatic heterocycles. The van der Waals surface area contributed by atoms with Crippen LogP contribution >= 0.6 is 0 Å². The van der Waals surface area contributed by atoms with E-state index in [-0.39, 0.29) is 18.1 Å². The Hall–Kier alpha value is -1.93. The molecule has 8 heteroatoms. The van der Waals surface area contributed by atoms with Crippen LogP contribution in [0, 0.1) is 0 Å².